The lowest BCUT2D eigenvalue weighted by Gasteiger charge is -2.35. The predicted octanol–water partition coefficient (Wildman–Crippen LogP) is 3.04. The third-order valence-electron chi connectivity index (χ3n) is 4.31. The van der Waals surface area contributed by atoms with Gasteiger partial charge in [0.2, 0.25) is 0 Å². The van der Waals surface area contributed by atoms with E-state index in [1.165, 1.54) is 5.56 Å². The normalized spacial score (nSPS) is 21.4. The number of ether oxygens (including phenoxy) is 1. The van der Waals surface area contributed by atoms with Crippen molar-refractivity contribution in [2.45, 2.75) is 44.8 Å². The summed E-state index contributed by atoms with van der Waals surface area (Å²) in [4.78, 5) is 0. The molecule has 1 aliphatic rings. The fourth-order valence-corrected chi connectivity index (χ4v) is 3.34. The highest BCUT2D eigenvalue weighted by Crippen LogP contribution is 2.44. The SMILES string of the molecule is COc1cnn(C(C)C)c1C1(O)CCCc2ccccc21. The van der Waals surface area contributed by atoms with Gasteiger partial charge in [-0.3, -0.25) is 4.68 Å². The Bertz CT molecular complexity index is 648. The molecule has 0 spiro atoms. The first kappa shape index (κ1) is 14.1. The second-order valence-corrected chi connectivity index (χ2v) is 5.97. The average Bonchev–Trinajstić information content (AvgIpc) is 2.92. The minimum atomic E-state index is -1.03. The van der Waals surface area contributed by atoms with Crippen molar-refractivity contribution < 1.29 is 9.84 Å². The summed E-state index contributed by atoms with van der Waals surface area (Å²) < 4.78 is 7.34. The molecule has 0 bridgehead atoms. The van der Waals surface area contributed by atoms with Crippen molar-refractivity contribution in [3.8, 4) is 5.75 Å². The van der Waals surface area contributed by atoms with Crippen LogP contribution in [0.4, 0.5) is 0 Å². The number of rotatable bonds is 3. The zero-order valence-corrected chi connectivity index (χ0v) is 12.8. The standard InChI is InChI=1S/C17H22N2O2/c1-12(2)19-16(15(21-3)11-18-19)17(20)10-6-8-13-7-4-5-9-14(13)17/h4-5,7,9,11-12,20H,6,8,10H2,1-3H3. The molecular weight excluding hydrogens is 264 g/mol. The third-order valence-corrected chi connectivity index (χ3v) is 4.31. The maximum Gasteiger partial charge on any atom is 0.163 e. The summed E-state index contributed by atoms with van der Waals surface area (Å²) in [6, 6.07) is 8.30. The van der Waals surface area contributed by atoms with Gasteiger partial charge in [0, 0.05) is 6.04 Å². The molecular formula is C17H22N2O2. The Morgan fingerprint density at radius 3 is 2.81 bits per heavy atom. The van der Waals surface area contributed by atoms with E-state index in [-0.39, 0.29) is 6.04 Å². The van der Waals surface area contributed by atoms with Crippen molar-refractivity contribution in [1.82, 2.24) is 9.78 Å². The molecule has 0 saturated heterocycles. The molecule has 1 N–H and O–H groups in total. The molecule has 4 nitrogen and oxygen atoms in total. The molecule has 2 aromatic rings. The van der Waals surface area contributed by atoms with Crippen LogP contribution in [0, 0.1) is 0 Å². The number of aliphatic hydroxyl groups is 1. The van der Waals surface area contributed by atoms with Gasteiger partial charge in [0.1, 0.15) is 11.3 Å². The van der Waals surface area contributed by atoms with E-state index < -0.39 is 5.60 Å². The van der Waals surface area contributed by atoms with Crippen LogP contribution in [0.15, 0.2) is 30.5 Å². The summed E-state index contributed by atoms with van der Waals surface area (Å²) in [7, 11) is 1.63. The van der Waals surface area contributed by atoms with E-state index >= 15 is 0 Å². The molecule has 1 aromatic heterocycles. The number of methoxy groups -OCH3 is 1. The molecule has 1 aliphatic carbocycles. The fraction of sp³-hybridized carbons (Fsp3) is 0.471. The quantitative estimate of drug-likeness (QED) is 0.943. The number of aromatic nitrogens is 2. The second kappa shape index (κ2) is 5.19. The summed E-state index contributed by atoms with van der Waals surface area (Å²) in [5.74, 6) is 0.655. The number of aryl methyl sites for hydroxylation is 1. The average molecular weight is 286 g/mol. The van der Waals surface area contributed by atoms with Crippen molar-refractivity contribution >= 4 is 0 Å². The molecule has 1 atom stereocenters. The number of hydrogen-bond acceptors (Lipinski definition) is 3. The monoisotopic (exact) mass is 286 g/mol. The predicted molar refractivity (Wildman–Crippen MR) is 81.5 cm³/mol. The molecule has 1 aromatic carbocycles. The second-order valence-electron chi connectivity index (χ2n) is 5.97. The van der Waals surface area contributed by atoms with Crippen LogP contribution in [0.2, 0.25) is 0 Å². The van der Waals surface area contributed by atoms with Crippen molar-refractivity contribution in [3.05, 3.63) is 47.3 Å². The van der Waals surface area contributed by atoms with Crippen LogP contribution in [-0.4, -0.2) is 22.0 Å². The molecule has 1 heterocycles. The highest BCUT2D eigenvalue weighted by molar-refractivity contribution is 5.45. The largest absolute Gasteiger partial charge is 0.493 e. The molecule has 0 radical (unpaired) electrons. The van der Waals surface area contributed by atoms with Crippen LogP contribution in [-0.2, 0) is 12.0 Å². The van der Waals surface area contributed by atoms with Gasteiger partial charge in [0.15, 0.2) is 5.75 Å². The third kappa shape index (κ3) is 2.14. The van der Waals surface area contributed by atoms with Crippen molar-refractivity contribution in [2.24, 2.45) is 0 Å². The molecule has 1 unspecified atom stereocenters. The summed E-state index contributed by atoms with van der Waals surface area (Å²) >= 11 is 0. The van der Waals surface area contributed by atoms with E-state index in [0.717, 1.165) is 24.1 Å². The zero-order chi connectivity index (χ0) is 15.0. The first-order valence-electron chi connectivity index (χ1n) is 7.50. The number of hydrogen-bond donors (Lipinski definition) is 1. The lowest BCUT2D eigenvalue weighted by atomic mass is 9.77. The maximum absolute atomic E-state index is 11.5. The van der Waals surface area contributed by atoms with Crippen LogP contribution in [0.5, 0.6) is 5.75 Å². The van der Waals surface area contributed by atoms with Crippen molar-refractivity contribution in [1.29, 1.82) is 0 Å². The molecule has 0 fully saturated rings. The topological polar surface area (TPSA) is 47.3 Å². The lowest BCUT2D eigenvalue weighted by molar-refractivity contribution is 0.0483. The Morgan fingerprint density at radius 2 is 2.10 bits per heavy atom. The van der Waals surface area contributed by atoms with E-state index in [4.69, 9.17) is 4.74 Å². The van der Waals surface area contributed by atoms with Crippen molar-refractivity contribution in [3.63, 3.8) is 0 Å². The number of fused-ring (bicyclic) bond motifs is 1. The summed E-state index contributed by atoms with van der Waals surface area (Å²) in [6.07, 6.45) is 4.36. The Hall–Kier alpha value is -1.81. The van der Waals surface area contributed by atoms with Gasteiger partial charge in [0.25, 0.3) is 0 Å². The lowest BCUT2D eigenvalue weighted by Crippen LogP contribution is -2.35. The molecule has 0 amide bonds. The highest BCUT2D eigenvalue weighted by atomic mass is 16.5. The van der Waals surface area contributed by atoms with Crippen LogP contribution in [0.1, 0.15) is 49.6 Å². The van der Waals surface area contributed by atoms with Gasteiger partial charge in [-0.05, 0) is 44.2 Å². The van der Waals surface area contributed by atoms with Gasteiger partial charge in [-0.25, -0.2) is 0 Å². The fourth-order valence-electron chi connectivity index (χ4n) is 3.34. The maximum atomic E-state index is 11.5. The molecule has 3 rings (SSSR count). The Balaban J connectivity index is 2.23. The minimum Gasteiger partial charge on any atom is -0.493 e. The molecule has 0 saturated carbocycles. The summed E-state index contributed by atoms with van der Waals surface area (Å²) in [6.45, 7) is 4.13. The molecule has 21 heavy (non-hydrogen) atoms. The Morgan fingerprint density at radius 1 is 1.33 bits per heavy atom. The summed E-state index contributed by atoms with van der Waals surface area (Å²) in [5.41, 5.74) is 1.94. The molecule has 4 heteroatoms. The zero-order valence-electron chi connectivity index (χ0n) is 12.8. The number of benzene rings is 1. The van der Waals surface area contributed by atoms with E-state index in [1.54, 1.807) is 13.3 Å². The van der Waals surface area contributed by atoms with Gasteiger partial charge in [-0.1, -0.05) is 24.3 Å². The Labute approximate surface area is 125 Å². The van der Waals surface area contributed by atoms with E-state index in [1.807, 2.05) is 22.9 Å². The van der Waals surface area contributed by atoms with E-state index in [2.05, 4.69) is 25.0 Å². The van der Waals surface area contributed by atoms with E-state index in [0.29, 0.717) is 12.2 Å². The van der Waals surface area contributed by atoms with Crippen LogP contribution in [0.3, 0.4) is 0 Å². The van der Waals surface area contributed by atoms with Crippen molar-refractivity contribution in [2.75, 3.05) is 7.11 Å². The first-order chi connectivity index (χ1) is 10.1. The minimum absolute atomic E-state index is 0.169. The number of nitrogens with zero attached hydrogens (tertiary/aromatic N) is 2. The Kier molecular flexibility index (Phi) is 3.49. The van der Waals surface area contributed by atoms with Gasteiger partial charge in [0.05, 0.1) is 13.3 Å². The van der Waals surface area contributed by atoms with Crippen LogP contribution < -0.4 is 4.74 Å². The van der Waals surface area contributed by atoms with Gasteiger partial charge >= 0.3 is 0 Å². The highest BCUT2D eigenvalue weighted by Gasteiger charge is 2.41. The van der Waals surface area contributed by atoms with Crippen LogP contribution in [0.25, 0.3) is 0 Å². The smallest absolute Gasteiger partial charge is 0.163 e. The van der Waals surface area contributed by atoms with Gasteiger partial charge in [-0.15, -0.1) is 0 Å². The van der Waals surface area contributed by atoms with Gasteiger partial charge in [-0.2, -0.15) is 5.10 Å². The molecule has 112 valence electrons. The van der Waals surface area contributed by atoms with E-state index in [9.17, 15) is 5.11 Å². The molecule has 0 aliphatic heterocycles. The van der Waals surface area contributed by atoms with Crippen LogP contribution >= 0.6 is 0 Å². The first-order valence-corrected chi connectivity index (χ1v) is 7.50. The summed E-state index contributed by atoms with van der Waals surface area (Å²) in [5, 5.41) is 15.9. The van der Waals surface area contributed by atoms with Gasteiger partial charge < -0.3 is 9.84 Å².